The van der Waals surface area contributed by atoms with E-state index in [0.717, 1.165) is 49.2 Å². The van der Waals surface area contributed by atoms with Gasteiger partial charge < -0.3 is 19.9 Å². The lowest BCUT2D eigenvalue weighted by molar-refractivity contribution is 0.303. The highest BCUT2D eigenvalue weighted by Gasteiger charge is 2.07. The van der Waals surface area contributed by atoms with Crippen LogP contribution in [-0.4, -0.2) is 33.9 Å². The van der Waals surface area contributed by atoms with Crippen LogP contribution >= 0.6 is 0 Å². The van der Waals surface area contributed by atoms with E-state index in [9.17, 15) is 0 Å². The van der Waals surface area contributed by atoms with E-state index in [0.29, 0.717) is 13.1 Å². The summed E-state index contributed by atoms with van der Waals surface area (Å²) < 4.78 is 8.04. The van der Waals surface area contributed by atoms with E-state index in [1.165, 1.54) is 18.4 Å². The molecule has 0 bridgehead atoms. The number of aryl methyl sites for hydroxylation is 2. The first-order valence-electron chi connectivity index (χ1n) is 10.3. The molecule has 0 aliphatic rings. The minimum Gasteiger partial charge on any atom is -0.493 e. The number of rotatable bonds is 11. The molecular formula is C21H34N6O. The van der Waals surface area contributed by atoms with Gasteiger partial charge in [-0.2, -0.15) is 0 Å². The van der Waals surface area contributed by atoms with Gasteiger partial charge in [0.2, 0.25) is 0 Å². The number of guanidine groups is 1. The fourth-order valence-corrected chi connectivity index (χ4v) is 2.81. The number of aromatic nitrogens is 3. The normalized spacial score (nSPS) is 11.5. The molecule has 0 saturated carbocycles. The summed E-state index contributed by atoms with van der Waals surface area (Å²) in [6, 6.07) is 6.31. The molecule has 2 N–H and O–H groups in total. The standard InChI is InChI=1S/C21H34N6O/c1-5-8-9-12-28-19-13-17(4)10-11-18(19)14-23-21(22-6-2)24-15-20-26-25-16-27(20)7-3/h10-11,13,16H,5-9,12,14-15H2,1-4H3,(H2,22,23,24). The summed E-state index contributed by atoms with van der Waals surface area (Å²) in [7, 11) is 0. The number of hydrogen-bond donors (Lipinski definition) is 2. The molecule has 28 heavy (non-hydrogen) atoms. The van der Waals surface area contributed by atoms with Gasteiger partial charge in [0.05, 0.1) is 19.7 Å². The van der Waals surface area contributed by atoms with Crippen LogP contribution in [0.15, 0.2) is 29.5 Å². The van der Waals surface area contributed by atoms with E-state index in [2.05, 4.69) is 66.7 Å². The molecule has 7 nitrogen and oxygen atoms in total. The molecule has 2 aromatic rings. The molecule has 2 rings (SSSR count). The van der Waals surface area contributed by atoms with Crippen LogP contribution in [0.1, 0.15) is 57.0 Å². The van der Waals surface area contributed by atoms with Crippen molar-refractivity contribution in [1.29, 1.82) is 0 Å². The third-order valence-corrected chi connectivity index (χ3v) is 4.43. The first-order valence-corrected chi connectivity index (χ1v) is 10.3. The summed E-state index contributed by atoms with van der Waals surface area (Å²) in [5.41, 5.74) is 2.29. The lowest BCUT2D eigenvalue weighted by Crippen LogP contribution is -2.37. The van der Waals surface area contributed by atoms with Crippen LogP contribution in [0, 0.1) is 6.92 Å². The molecule has 1 aromatic heterocycles. The lowest BCUT2D eigenvalue weighted by atomic mass is 10.1. The van der Waals surface area contributed by atoms with E-state index in [-0.39, 0.29) is 0 Å². The largest absolute Gasteiger partial charge is 0.493 e. The molecule has 1 heterocycles. The summed E-state index contributed by atoms with van der Waals surface area (Å²) in [6.45, 7) is 11.9. The van der Waals surface area contributed by atoms with Crippen molar-refractivity contribution in [2.24, 2.45) is 4.99 Å². The van der Waals surface area contributed by atoms with Crippen LogP contribution in [0.5, 0.6) is 5.75 Å². The fourth-order valence-electron chi connectivity index (χ4n) is 2.81. The summed E-state index contributed by atoms with van der Waals surface area (Å²) in [5, 5.41) is 14.7. The van der Waals surface area contributed by atoms with E-state index in [1.807, 2.05) is 4.57 Å². The Balaban J connectivity index is 2.02. The third kappa shape index (κ3) is 6.87. The molecule has 0 aliphatic heterocycles. The van der Waals surface area contributed by atoms with Crippen molar-refractivity contribution in [3.63, 3.8) is 0 Å². The van der Waals surface area contributed by atoms with E-state index in [1.54, 1.807) is 6.33 Å². The second kappa shape index (κ2) is 12.0. The number of nitrogens with zero attached hydrogens (tertiary/aromatic N) is 4. The maximum Gasteiger partial charge on any atom is 0.191 e. The Morgan fingerprint density at radius 2 is 2.04 bits per heavy atom. The topological polar surface area (TPSA) is 76.4 Å². The molecule has 7 heteroatoms. The van der Waals surface area contributed by atoms with Gasteiger partial charge in [-0.1, -0.05) is 31.9 Å². The fraction of sp³-hybridized carbons (Fsp3) is 0.571. The Morgan fingerprint density at radius 1 is 1.18 bits per heavy atom. The lowest BCUT2D eigenvalue weighted by Gasteiger charge is -2.14. The molecule has 154 valence electrons. The molecule has 0 fully saturated rings. The smallest absolute Gasteiger partial charge is 0.191 e. The number of nitrogens with one attached hydrogen (secondary N) is 2. The van der Waals surface area contributed by atoms with Crippen molar-refractivity contribution in [2.75, 3.05) is 13.2 Å². The van der Waals surface area contributed by atoms with Gasteiger partial charge in [-0.25, -0.2) is 4.99 Å². The number of ether oxygens (including phenoxy) is 1. The van der Waals surface area contributed by atoms with Crippen molar-refractivity contribution >= 4 is 5.96 Å². The highest BCUT2D eigenvalue weighted by molar-refractivity contribution is 5.79. The van der Waals surface area contributed by atoms with Gasteiger partial charge in [-0.15, -0.1) is 10.2 Å². The minimum atomic E-state index is 0.555. The van der Waals surface area contributed by atoms with Crippen molar-refractivity contribution in [2.45, 2.75) is 66.6 Å². The SMILES string of the molecule is CCCCCOc1cc(C)ccc1CN=C(NCC)NCc1nncn1CC. The quantitative estimate of drug-likeness (QED) is 0.351. The number of aliphatic imine (C=N–C) groups is 1. The van der Waals surface area contributed by atoms with Gasteiger partial charge in [0.25, 0.3) is 0 Å². The van der Waals surface area contributed by atoms with Gasteiger partial charge in [0.15, 0.2) is 11.8 Å². The van der Waals surface area contributed by atoms with Gasteiger partial charge in [0.1, 0.15) is 12.1 Å². The second-order valence-corrected chi connectivity index (χ2v) is 6.75. The van der Waals surface area contributed by atoms with Crippen LogP contribution in [0.3, 0.4) is 0 Å². The molecule has 0 radical (unpaired) electrons. The van der Waals surface area contributed by atoms with Crippen molar-refractivity contribution in [3.8, 4) is 5.75 Å². The number of benzene rings is 1. The third-order valence-electron chi connectivity index (χ3n) is 4.43. The van der Waals surface area contributed by atoms with Crippen LogP contribution in [0.4, 0.5) is 0 Å². The molecule has 0 saturated heterocycles. The Kier molecular flexibility index (Phi) is 9.31. The molecule has 0 spiro atoms. The average molecular weight is 387 g/mol. The highest BCUT2D eigenvalue weighted by atomic mass is 16.5. The Labute approximate surface area is 168 Å². The highest BCUT2D eigenvalue weighted by Crippen LogP contribution is 2.21. The monoisotopic (exact) mass is 386 g/mol. The first kappa shape index (κ1) is 21.7. The summed E-state index contributed by atoms with van der Waals surface area (Å²) in [6.07, 6.45) is 5.21. The zero-order valence-corrected chi connectivity index (χ0v) is 17.7. The number of unbranched alkanes of at least 4 members (excludes halogenated alkanes) is 2. The predicted octanol–water partition coefficient (Wildman–Crippen LogP) is 3.43. The predicted molar refractivity (Wildman–Crippen MR) is 114 cm³/mol. The second-order valence-electron chi connectivity index (χ2n) is 6.75. The molecule has 1 aromatic carbocycles. The molecular weight excluding hydrogens is 352 g/mol. The zero-order chi connectivity index (χ0) is 20.2. The Morgan fingerprint density at radius 3 is 2.79 bits per heavy atom. The van der Waals surface area contributed by atoms with Gasteiger partial charge >= 0.3 is 0 Å². The summed E-state index contributed by atoms with van der Waals surface area (Å²) in [4.78, 5) is 4.73. The maximum atomic E-state index is 6.03. The van der Waals surface area contributed by atoms with Crippen molar-refractivity contribution < 1.29 is 4.74 Å². The van der Waals surface area contributed by atoms with Gasteiger partial charge in [-0.3, -0.25) is 0 Å². The van der Waals surface area contributed by atoms with Crippen molar-refractivity contribution in [3.05, 3.63) is 41.5 Å². The van der Waals surface area contributed by atoms with E-state index >= 15 is 0 Å². The Hall–Kier alpha value is -2.57. The van der Waals surface area contributed by atoms with E-state index in [4.69, 9.17) is 9.73 Å². The molecule has 0 amide bonds. The molecule has 0 aliphatic carbocycles. The maximum absolute atomic E-state index is 6.03. The molecule has 0 unspecified atom stereocenters. The van der Waals surface area contributed by atoms with Crippen LogP contribution in [0.2, 0.25) is 0 Å². The minimum absolute atomic E-state index is 0.555. The van der Waals surface area contributed by atoms with Crippen molar-refractivity contribution in [1.82, 2.24) is 25.4 Å². The van der Waals surface area contributed by atoms with E-state index < -0.39 is 0 Å². The average Bonchev–Trinajstić information content (AvgIpc) is 3.16. The molecule has 0 atom stereocenters. The van der Waals surface area contributed by atoms with Crippen LogP contribution < -0.4 is 15.4 Å². The van der Waals surface area contributed by atoms with Gasteiger partial charge in [-0.05, 0) is 38.8 Å². The first-order chi connectivity index (χ1) is 13.7. The van der Waals surface area contributed by atoms with Crippen LogP contribution in [0.25, 0.3) is 0 Å². The summed E-state index contributed by atoms with van der Waals surface area (Å²) >= 11 is 0. The zero-order valence-electron chi connectivity index (χ0n) is 17.7. The number of hydrogen-bond acceptors (Lipinski definition) is 4. The van der Waals surface area contributed by atoms with Crippen LogP contribution in [-0.2, 0) is 19.6 Å². The van der Waals surface area contributed by atoms with Gasteiger partial charge in [0, 0.05) is 18.7 Å². The summed E-state index contributed by atoms with van der Waals surface area (Å²) in [5.74, 6) is 2.58. The Bertz CT molecular complexity index is 740.